The van der Waals surface area contributed by atoms with Crippen LogP contribution in [0, 0.1) is 18.5 Å². The zero-order valence-corrected chi connectivity index (χ0v) is 44.0. The summed E-state index contributed by atoms with van der Waals surface area (Å²) in [6, 6.07) is 41.2. The molecule has 3 heterocycles. The van der Waals surface area contributed by atoms with E-state index in [1.54, 1.807) is 33.4 Å². The smallest absolute Gasteiger partial charge is 0.268 e. The molecule has 0 spiro atoms. The van der Waals surface area contributed by atoms with Crippen molar-refractivity contribution in [3.05, 3.63) is 223 Å². The summed E-state index contributed by atoms with van der Waals surface area (Å²) in [4.78, 5) is 4.97. The van der Waals surface area contributed by atoms with Crippen molar-refractivity contribution in [2.45, 2.75) is 84.0 Å². The average molecular weight is 1140 g/mol. The summed E-state index contributed by atoms with van der Waals surface area (Å²) in [6.45, 7) is 16.1. The van der Waals surface area contributed by atoms with Gasteiger partial charge in [-0.25, -0.2) is 4.98 Å². The number of hydrogen-bond donors (Lipinski definition) is 0. The number of hydrogen-bond acceptors (Lipinski definition) is 2. The molecule has 0 fully saturated rings. The van der Waals surface area contributed by atoms with Crippen LogP contribution in [0.2, 0.25) is 0 Å². The van der Waals surface area contributed by atoms with Gasteiger partial charge in [-0.3, -0.25) is 4.57 Å². The summed E-state index contributed by atoms with van der Waals surface area (Å²) in [5.41, 5.74) is 9.82. The average Bonchev–Trinajstić information content (AvgIpc) is 3.82. The van der Waals surface area contributed by atoms with Crippen molar-refractivity contribution in [2.24, 2.45) is 0 Å². The standard InChI is InChI=1S/C67H58N4O.Pt/c1-65(2,3)48-36-39-68-62(41-48)71-58-35-32-47(52-26-18-29-57-63(52)67(6,7)38-19-37-66(57,4)5)40-56(58)55-34-33-51(43-61(55)71)72-50-25-16-24-49(42-50)69-44-70(60-31-15-14-30-59(60)69)64-53(45-20-10-8-11-21-45)27-17-28-54(64)46-22-12-9-13-23-46;/h8-18,20-36,39-41H,19,37-38H2,1-7H3;/q-2;/i8D,9D,10D,11D,12D,13D,20D,21D,22D,23D;. The zero-order valence-electron chi connectivity index (χ0n) is 51.8. The molecular weight excluding hydrogens is 1070 g/mol. The normalized spacial score (nSPS) is 16.1. The number of benzene rings is 8. The third-order valence-electron chi connectivity index (χ3n) is 14.5. The molecule has 1 aliphatic rings. The van der Waals surface area contributed by atoms with Crippen molar-refractivity contribution in [3.63, 3.8) is 0 Å². The fourth-order valence-corrected chi connectivity index (χ4v) is 10.8. The maximum atomic E-state index is 9.08. The summed E-state index contributed by atoms with van der Waals surface area (Å²) in [6.07, 6.45) is 8.70. The molecule has 0 aliphatic heterocycles. The number of aromatic nitrogens is 4. The fourth-order valence-electron chi connectivity index (χ4n) is 10.8. The van der Waals surface area contributed by atoms with E-state index in [1.165, 1.54) is 16.7 Å². The number of rotatable bonds is 8. The molecule has 0 saturated heterocycles. The quantitative estimate of drug-likeness (QED) is 0.0863. The Morgan fingerprint density at radius 3 is 2.04 bits per heavy atom. The van der Waals surface area contributed by atoms with Gasteiger partial charge in [-0.15, -0.1) is 29.7 Å². The van der Waals surface area contributed by atoms with E-state index in [9.17, 15) is 0 Å². The van der Waals surface area contributed by atoms with Gasteiger partial charge in [0.2, 0.25) is 0 Å². The summed E-state index contributed by atoms with van der Waals surface area (Å²) in [5, 5.41) is 2.04. The Bertz CT molecular complexity index is 4340. The number of fused-ring (bicyclic) bond motifs is 5. The van der Waals surface area contributed by atoms with Crippen LogP contribution in [-0.2, 0) is 37.3 Å². The summed E-state index contributed by atoms with van der Waals surface area (Å²) in [5.74, 6) is 1.55. The van der Waals surface area contributed by atoms with Gasteiger partial charge in [-0.1, -0.05) is 194 Å². The van der Waals surface area contributed by atoms with Crippen LogP contribution < -0.4 is 9.30 Å². The van der Waals surface area contributed by atoms with Crippen LogP contribution in [0.4, 0.5) is 0 Å². The van der Waals surface area contributed by atoms with Gasteiger partial charge in [0.25, 0.3) is 6.33 Å². The molecule has 0 atom stereocenters. The van der Waals surface area contributed by atoms with E-state index < -0.39 is 60.4 Å². The van der Waals surface area contributed by atoms with Crippen LogP contribution >= 0.6 is 0 Å². The number of imidazole rings is 1. The first-order chi connectivity index (χ1) is 39.0. The molecule has 8 aromatic carbocycles. The van der Waals surface area contributed by atoms with Gasteiger partial charge in [0, 0.05) is 44.3 Å². The third kappa shape index (κ3) is 8.62. The Kier molecular flexibility index (Phi) is 9.54. The van der Waals surface area contributed by atoms with Crippen LogP contribution in [-0.4, -0.2) is 14.1 Å². The minimum absolute atomic E-state index is 0. The van der Waals surface area contributed by atoms with Crippen LogP contribution in [0.25, 0.3) is 83.4 Å². The molecule has 1 aliphatic carbocycles. The van der Waals surface area contributed by atoms with Crippen LogP contribution in [0.5, 0.6) is 11.5 Å². The van der Waals surface area contributed by atoms with E-state index in [1.807, 2.05) is 48.7 Å². The van der Waals surface area contributed by atoms with E-state index in [0.29, 0.717) is 28.2 Å². The molecule has 3 aromatic heterocycles. The van der Waals surface area contributed by atoms with E-state index in [4.69, 9.17) is 23.4 Å². The molecule has 0 radical (unpaired) electrons. The number of para-hydroxylation sites is 3. The second kappa shape index (κ2) is 18.6. The van der Waals surface area contributed by atoms with Gasteiger partial charge < -0.3 is 13.9 Å². The molecule has 0 amide bonds. The zero-order chi connectivity index (χ0) is 58.1. The number of nitrogens with zero attached hydrogens (tertiary/aromatic N) is 4. The summed E-state index contributed by atoms with van der Waals surface area (Å²) < 4.78 is 99.9. The molecule has 73 heavy (non-hydrogen) atoms. The van der Waals surface area contributed by atoms with E-state index in [2.05, 4.69) is 126 Å². The molecule has 364 valence electrons. The van der Waals surface area contributed by atoms with Crippen molar-refractivity contribution in [1.29, 1.82) is 0 Å². The third-order valence-corrected chi connectivity index (χ3v) is 14.5. The SMILES string of the molecule is [2H]c1c([2H])c([2H])c(-c2cccc(-c3c([2H])c([2H])c([2H])c([2H])c3[2H])c2-[n+]2[c-]n(-c3[c-]c(Oc4[c-]c5c(cc4)c4cc(-c6cccc7c6C(C)(C)CCCC7(C)C)ccc4n5-c4cc(C(C)(C)C)ccn4)ccc3)c3ccccc32)c([2H])c1[2H].[Pt]. The van der Waals surface area contributed by atoms with Crippen molar-refractivity contribution in [3.8, 4) is 62.1 Å². The van der Waals surface area contributed by atoms with Crippen molar-refractivity contribution in [2.75, 3.05) is 0 Å². The van der Waals surface area contributed by atoms with Gasteiger partial charge >= 0.3 is 0 Å². The second-order valence-corrected chi connectivity index (χ2v) is 21.1. The molecule has 12 rings (SSSR count). The Morgan fingerprint density at radius 1 is 0.630 bits per heavy atom. The molecule has 0 bridgehead atoms. The molecule has 0 N–H and O–H groups in total. The summed E-state index contributed by atoms with van der Waals surface area (Å²) in [7, 11) is 0. The Labute approximate surface area is 458 Å². The molecule has 5 nitrogen and oxygen atoms in total. The van der Waals surface area contributed by atoms with Crippen LogP contribution in [0.15, 0.2) is 188 Å². The van der Waals surface area contributed by atoms with Crippen LogP contribution in [0.1, 0.15) is 98.1 Å². The van der Waals surface area contributed by atoms with E-state index >= 15 is 0 Å². The van der Waals surface area contributed by atoms with E-state index in [-0.39, 0.29) is 65.3 Å². The maximum absolute atomic E-state index is 9.08. The fraction of sp³-hybridized carbons (Fsp3) is 0.194. The maximum Gasteiger partial charge on any atom is 0.268 e. The van der Waals surface area contributed by atoms with Crippen LogP contribution in [0.3, 0.4) is 0 Å². The van der Waals surface area contributed by atoms with Gasteiger partial charge in [0.1, 0.15) is 5.82 Å². The van der Waals surface area contributed by atoms with E-state index in [0.717, 1.165) is 58.0 Å². The minimum Gasteiger partial charge on any atom is -0.510 e. The van der Waals surface area contributed by atoms with Crippen molar-refractivity contribution in [1.82, 2.24) is 14.1 Å². The van der Waals surface area contributed by atoms with Gasteiger partial charge in [0.15, 0.2) is 0 Å². The Morgan fingerprint density at radius 2 is 1.30 bits per heavy atom. The topological polar surface area (TPSA) is 35.9 Å². The molecule has 6 heteroatoms. The van der Waals surface area contributed by atoms with Gasteiger partial charge in [-0.05, 0) is 108 Å². The van der Waals surface area contributed by atoms with Gasteiger partial charge in [-0.2, -0.15) is 18.2 Å². The molecular formula is C67H58N4OPt-2. The van der Waals surface area contributed by atoms with Gasteiger partial charge in [0.05, 0.1) is 30.4 Å². The Balaban J connectivity index is 0.00000721. The molecule has 0 unspecified atom stereocenters. The van der Waals surface area contributed by atoms with Crippen molar-refractivity contribution < 1.29 is 44.1 Å². The molecule has 11 aromatic rings. The summed E-state index contributed by atoms with van der Waals surface area (Å²) >= 11 is 0. The second-order valence-electron chi connectivity index (χ2n) is 21.1. The predicted octanol–water partition coefficient (Wildman–Crippen LogP) is 16.6. The Hall–Kier alpha value is -7.33. The minimum atomic E-state index is -0.572. The molecule has 0 saturated carbocycles. The monoisotopic (exact) mass is 1140 g/mol. The number of pyridine rings is 1. The first-order valence-electron chi connectivity index (χ1n) is 29.5. The van der Waals surface area contributed by atoms with Crippen molar-refractivity contribution >= 4 is 32.8 Å². The first kappa shape index (κ1) is 37.4. The first-order valence-corrected chi connectivity index (χ1v) is 24.5. The number of ether oxygens (including phenoxy) is 1. The largest absolute Gasteiger partial charge is 0.510 e. The predicted molar refractivity (Wildman–Crippen MR) is 295 cm³/mol.